The third-order valence-electron chi connectivity index (χ3n) is 5.85. The Morgan fingerprint density at radius 1 is 1.35 bits per heavy atom. The average Bonchev–Trinajstić information content (AvgIpc) is 2.48. The van der Waals surface area contributed by atoms with Crippen molar-refractivity contribution in [1.29, 1.82) is 0 Å². The second-order valence-corrected chi connectivity index (χ2v) is 7.57. The van der Waals surface area contributed by atoms with Gasteiger partial charge in [-0.05, 0) is 61.3 Å². The van der Waals surface area contributed by atoms with Crippen molar-refractivity contribution >= 4 is 5.78 Å². The molecule has 1 unspecified atom stereocenters. The number of carbonyl (C=O) groups excluding carboxylic acids is 1. The lowest BCUT2D eigenvalue weighted by Crippen LogP contribution is -2.36. The number of hydrogen-bond donors (Lipinski definition) is 1. The molecule has 1 saturated carbocycles. The van der Waals surface area contributed by atoms with Gasteiger partial charge >= 0.3 is 6.18 Å². The summed E-state index contributed by atoms with van der Waals surface area (Å²) in [6.45, 7) is 4.27. The minimum absolute atomic E-state index is 0.00955. The van der Waals surface area contributed by atoms with Gasteiger partial charge in [0.25, 0.3) is 0 Å². The van der Waals surface area contributed by atoms with Crippen LogP contribution < -0.4 is 0 Å². The minimum Gasteiger partial charge on any atom is -0.396 e. The van der Waals surface area contributed by atoms with Crippen LogP contribution in [0.3, 0.4) is 0 Å². The molecular weight excluding hydrogens is 305 g/mol. The number of aliphatic hydroxyl groups excluding tert-OH is 1. The molecule has 0 aromatic heterocycles. The fourth-order valence-electron chi connectivity index (χ4n) is 4.13. The standard InChI is InChI=1S/C18H27F3O2/c1-12(11-22)13-5-8-17(2)9-6-16(23)14(15(17)10-13)4-3-7-18(19,20)21/h12-13,22H,3-11H2,1-2H3/t12?,13-,17-/m1/s1. The number of alkyl halides is 3. The highest BCUT2D eigenvalue weighted by Gasteiger charge is 2.42. The van der Waals surface area contributed by atoms with Crippen molar-refractivity contribution in [2.45, 2.75) is 71.4 Å². The van der Waals surface area contributed by atoms with Gasteiger partial charge in [-0.2, -0.15) is 13.2 Å². The molecule has 1 N–H and O–H groups in total. The summed E-state index contributed by atoms with van der Waals surface area (Å²) in [4.78, 5) is 12.3. The molecule has 2 nitrogen and oxygen atoms in total. The van der Waals surface area contributed by atoms with E-state index in [1.165, 1.54) is 0 Å². The molecule has 5 heteroatoms. The molecule has 0 radical (unpaired) electrons. The van der Waals surface area contributed by atoms with E-state index in [4.69, 9.17) is 0 Å². The van der Waals surface area contributed by atoms with Crippen molar-refractivity contribution in [3.8, 4) is 0 Å². The smallest absolute Gasteiger partial charge is 0.389 e. The molecule has 23 heavy (non-hydrogen) atoms. The number of fused-ring (bicyclic) bond motifs is 1. The van der Waals surface area contributed by atoms with E-state index < -0.39 is 12.6 Å². The Labute approximate surface area is 136 Å². The summed E-state index contributed by atoms with van der Waals surface area (Å²) < 4.78 is 37.2. The third-order valence-corrected chi connectivity index (χ3v) is 5.85. The zero-order chi connectivity index (χ0) is 17.3. The monoisotopic (exact) mass is 332 g/mol. The van der Waals surface area contributed by atoms with Crippen molar-refractivity contribution < 1.29 is 23.1 Å². The van der Waals surface area contributed by atoms with E-state index in [1.807, 2.05) is 6.92 Å². The number of rotatable bonds is 5. The second-order valence-electron chi connectivity index (χ2n) is 7.57. The van der Waals surface area contributed by atoms with Crippen LogP contribution in [-0.2, 0) is 4.79 Å². The van der Waals surface area contributed by atoms with Crippen LogP contribution >= 0.6 is 0 Å². The quantitative estimate of drug-likeness (QED) is 0.784. The summed E-state index contributed by atoms with van der Waals surface area (Å²) in [5.74, 6) is 0.532. The second kappa shape index (κ2) is 6.96. The molecule has 2 aliphatic rings. The van der Waals surface area contributed by atoms with E-state index in [2.05, 4.69) is 6.92 Å². The summed E-state index contributed by atoms with van der Waals surface area (Å²) in [5, 5.41) is 9.39. The van der Waals surface area contributed by atoms with Crippen LogP contribution in [-0.4, -0.2) is 23.7 Å². The highest BCUT2D eigenvalue weighted by atomic mass is 19.4. The highest BCUT2D eigenvalue weighted by Crippen LogP contribution is 2.52. The zero-order valence-corrected chi connectivity index (χ0v) is 14.0. The summed E-state index contributed by atoms with van der Waals surface area (Å²) in [6.07, 6.45) is -0.749. The lowest BCUT2D eigenvalue weighted by molar-refractivity contribution is -0.135. The molecule has 1 fully saturated rings. The number of Topliss-reactive ketones (excluding diaryl/α,β-unsaturated/α-hetero) is 1. The Kier molecular flexibility index (Phi) is 5.59. The lowest BCUT2D eigenvalue weighted by atomic mass is 9.59. The molecule has 2 aliphatic carbocycles. The Morgan fingerprint density at radius 2 is 2.04 bits per heavy atom. The van der Waals surface area contributed by atoms with E-state index in [9.17, 15) is 23.1 Å². The lowest BCUT2D eigenvalue weighted by Gasteiger charge is -2.45. The van der Waals surface area contributed by atoms with E-state index in [0.717, 1.165) is 31.3 Å². The molecule has 0 heterocycles. The van der Waals surface area contributed by atoms with Crippen molar-refractivity contribution in [3.05, 3.63) is 11.1 Å². The SMILES string of the molecule is CC(CO)[C@@H]1CC[C@]2(C)CCC(=O)C(CCCC(F)(F)F)=C2C1. The first kappa shape index (κ1) is 18.5. The molecule has 0 aromatic carbocycles. The van der Waals surface area contributed by atoms with Crippen LogP contribution in [0.1, 0.15) is 65.2 Å². The van der Waals surface area contributed by atoms with Crippen LogP contribution in [0.2, 0.25) is 0 Å². The molecule has 0 spiro atoms. The van der Waals surface area contributed by atoms with Gasteiger partial charge in [0.15, 0.2) is 5.78 Å². The molecule has 0 bridgehead atoms. The first-order valence-corrected chi connectivity index (χ1v) is 8.59. The molecular formula is C18H27F3O2. The number of halogens is 3. The van der Waals surface area contributed by atoms with Crippen molar-refractivity contribution in [2.24, 2.45) is 17.3 Å². The summed E-state index contributed by atoms with van der Waals surface area (Å²) in [6, 6.07) is 0. The fourth-order valence-corrected chi connectivity index (χ4v) is 4.13. The zero-order valence-electron chi connectivity index (χ0n) is 14.0. The Bertz CT molecular complexity index is 481. The number of carbonyl (C=O) groups is 1. The minimum atomic E-state index is -4.16. The van der Waals surface area contributed by atoms with Crippen LogP contribution in [0, 0.1) is 17.3 Å². The van der Waals surface area contributed by atoms with Crippen LogP contribution in [0.15, 0.2) is 11.1 Å². The normalized spacial score (nSPS) is 30.3. The van der Waals surface area contributed by atoms with Crippen molar-refractivity contribution in [1.82, 2.24) is 0 Å². The Morgan fingerprint density at radius 3 is 2.65 bits per heavy atom. The summed E-state index contributed by atoms with van der Waals surface area (Å²) >= 11 is 0. The number of allylic oxidation sites excluding steroid dienone is 2. The summed E-state index contributed by atoms with van der Waals surface area (Å²) in [7, 11) is 0. The fraction of sp³-hybridized carbons (Fsp3) is 0.833. The Hall–Kier alpha value is -0.840. The maximum Gasteiger partial charge on any atom is 0.389 e. The van der Waals surface area contributed by atoms with Crippen LogP contribution in [0.5, 0.6) is 0 Å². The molecule has 0 aliphatic heterocycles. The van der Waals surface area contributed by atoms with Gasteiger partial charge in [0.1, 0.15) is 0 Å². The van der Waals surface area contributed by atoms with E-state index >= 15 is 0 Å². The number of aliphatic hydroxyl groups is 1. The van der Waals surface area contributed by atoms with Gasteiger partial charge in [-0.1, -0.05) is 19.4 Å². The number of ketones is 1. The topological polar surface area (TPSA) is 37.3 Å². The average molecular weight is 332 g/mol. The first-order chi connectivity index (χ1) is 10.7. The summed E-state index contributed by atoms with van der Waals surface area (Å²) in [5.41, 5.74) is 1.72. The first-order valence-electron chi connectivity index (χ1n) is 8.59. The predicted molar refractivity (Wildman–Crippen MR) is 82.9 cm³/mol. The Balaban J connectivity index is 2.20. The van der Waals surface area contributed by atoms with Gasteiger partial charge in [0.2, 0.25) is 0 Å². The van der Waals surface area contributed by atoms with E-state index in [0.29, 0.717) is 17.9 Å². The van der Waals surface area contributed by atoms with Crippen LogP contribution in [0.25, 0.3) is 0 Å². The molecule has 0 saturated heterocycles. The molecule has 0 amide bonds. The van der Waals surface area contributed by atoms with Gasteiger partial charge in [-0.15, -0.1) is 0 Å². The molecule has 2 rings (SSSR count). The maximum atomic E-state index is 12.4. The highest BCUT2D eigenvalue weighted by molar-refractivity contribution is 5.97. The largest absolute Gasteiger partial charge is 0.396 e. The van der Waals surface area contributed by atoms with Gasteiger partial charge in [-0.3, -0.25) is 4.79 Å². The van der Waals surface area contributed by atoms with E-state index in [1.54, 1.807) is 0 Å². The third kappa shape index (κ3) is 4.37. The van der Waals surface area contributed by atoms with Crippen molar-refractivity contribution in [3.63, 3.8) is 0 Å². The van der Waals surface area contributed by atoms with Crippen molar-refractivity contribution in [2.75, 3.05) is 6.61 Å². The van der Waals surface area contributed by atoms with E-state index in [-0.39, 0.29) is 36.6 Å². The van der Waals surface area contributed by atoms with Crippen LogP contribution in [0.4, 0.5) is 13.2 Å². The maximum absolute atomic E-state index is 12.4. The molecule has 3 atom stereocenters. The molecule has 132 valence electrons. The van der Waals surface area contributed by atoms with Gasteiger partial charge in [-0.25, -0.2) is 0 Å². The predicted octanol–water partition coefficient (Wildman–Crippen LogP) is 4.81. The van der Waals surface area contributed by atoms with Gasteiger partial charge in [0, 0.05) is 19.4 Å². The van der Waals surface area contributed by atoms with Gasteiger partial charge in [0.05, 0.1) is 0 Å². The molecule has 0 aromatic rings. The van der Waals surface area contributed by atoms with Gasteiger partial charge < -0.3 is 5.11 Å². The number of hydrogen-bond acceptors (Lipinski definition) is 2.